The van der Waals surface area contributed by atoms with E-state index in [0.29, 0.717) is 18.5 Å². The van der Waals surface area contributed by atoms with Gasteiger partial charge >= 0.3 is 11.9 Å². The number of carbonyl (C=O) groups excluding carboxylic acids is 2. The van der Waals surface area contributed by atoms with Crippen molar-refractivity contribution in [1.82, 2.24) is 0 Å². The Bertz CT molecular complexity index is 544. The number of benzene rings is 1. The lowest BCUT2D eigenvalue weighted by Gasteiger charge is -2.08. The van der Waals surface area contributed by atoms with Crippen molar-refractivity contribution in [1.29, 1.82) is 0 Å². The number of halogens is 1. The van der Waals surface area contributed by atoms with Crippen molar-refractivity contribution < 1.29 is 19.1 Å². The molecule has 0 aliphatic heterocycles. The molecule has 0 heterocycles. The molecule has 6 N–H and O–H groups in total. The molecule has 9 heteroatoms. The molecule has 128 valence electrons. The largest absolute Gasteiger partial charge is 0.390 e. The van der Waals surface area contributed by atoms with Gasteiger partial charge in [0, 0.05) is 13.5 Å². The number of ether oxygens (including phenoxy) is 2. The monoisotopic (exact) mass is 344 g/mol. The molecule has 0 bridgehead atoms. The molecule has 0 fully saturated rings. The van der Waals surface area contributed by atoms with Crippen LogP contribution in [0, 0.1) is 0 Å². The number of rotatable bonds is 7. The van der Waals surface area contributed by atoms with Crippen LogP contribution in [0.2, 0.25) is 0 Å². The molecular formula is C14H21ClN4O4. The van der Waals surface area contributed by atoms with Crippen LogP contribution >= 0.6 is 12.4 Å². The SMILES string of the molecule is COC(N)C(=O)OC(=O)CCCc1ccc(N=C(N)N)cc1.Cl. The minimum absolute atomic E-state index is 0. The van der Waals surface area contributed by atoms with E-state index in [1.807, 2.05) is 12.1 Å². The van der Waals surface area contributed by atoms with Crippen molar-refractivity contribution in [3.05, 3.63) is 29.8 Å². The van der Waals surface area contributed by atoms with Crippen molar-refractivity contribution >= 4 is 36.0 Å². The summed E-state index contributed by atoms with van der Waals surface area (Å²) in [4.78, 5) is 26.6. The number of esters is 2. The van der Waals surface area contributed by atoms with Crippen LogP contribution in [-0.2, 0) is 25.5 Å². The highest BCUT2D eigenvalue weighted by atomic mass is 35.5. The third-order valence-electron chi connectivity index (χ3n) is 2.74. The summed E-state index contributed by atoms with van der Waals surface area (Å²) in [6.07, 6.45) is 0.0576. The standard InChI is InChI=1S/C14H20N4O4.ClH/c1-21-12(15)13(20)22-11(19)4-2-3-9-5-7-10(8-6-9)18-14(16)17;/h5-8,12H,2-4,15H2,1H3,(H4,16,17,18);1H. The number of aliphatic imine (C=N–C) groups is 1. The van der Waals surface area contributed by atoms with Gasteiger partial charge in [-0.2, -0.15) is 0 Å². The van der Waals surface area contributed by atoms with Gasteiger partial charge < -0.3 is 20.9 Å². The number of aryl methyl sites for hydroxylation is 1. The Morgan fingerprint density at radius 2 is 1.83 bits per heavy atom. The molecule has 23 heavy (non-hydrogen) atoms. The van der Waals surface area contributed by atoms with Crippen LogP contribution in [0.25, 0.3) is 0 Å². The molecule has 1 unspecified atom stereocenters. The van der Waals surface area contributed by atoms with E-state index in [1.54, 1.807) is 12.1 Å². The molecule has 0 amide bonds. The molecule has 0 saturated heterocycles. The molecule has 8 nitrogen and oxygen atoms in total. The molecule has 0 aliphatic rings. The van der Waals surface area contributed by atoms with E-state index in [4.69, 9.17) is 17.2 Å². The van der Waals surface area contributed by atoms with E-state index in [0.717, 1.165) is 5.56 Å². The Kier molecular flexibility index (Phi) is 9.56. The predicted molar refractivity (Wildman–Crippen MR) is 88.2 cm³/mol. The third-order valence-corrected chi connectivity index (χ3v) is 2.74. The summed E-state index contributed by atoms with van der Waals surface area (Å²) in [7, 11) is 1.25. The molecule has 0 aliphatic carbocycles. The van der Waals surface area contributed by atoms with Gasteiger partial charge in [-0.25, -0.2) is 9.79 Å². The van der Waals surface area contributed by atoms with E-state index in [9.17, 15) is 9.59 Å². The lowest BCUT2D eigenvalue weighted by Crippen LogP contribution is -2.35. The highest BCUT2D eigenvalue weighted by molar-refractivity contribution is 5.87. The summed E-state index contributed by atoms with van der Waals surface area (Å²) < 4.78 is 9.08. The van der Waals surface area contributed by atoms with Crippen molar-refractivity contribution in [2.75, 3.05) is 7.11 Å². The number of carbonyl (C=O) groups is 2. The smallest absolute Gasteiger partial charge is 0.357 e. The molecular weight excluding hydrogens is 324 g/mol. The van der Waals surface area contributed by atoms with Crippen LogP contribution in [0.15, 0.2) is 29.3 Å². The topological polar surface area (TPSA) is 143 Å². The minimum atomic E-state index is -1.24. The Labute approximate surface area is 140 Å². The second-order valence-electron chi connectivity index (χ2n) is 4.51. The van der Waals surface area contributed by atoms with Gasteiger partial charge in [0.25, 0.3) is 0 Å². The number of hydrogen-bond acceptors (Lipinski definition) is 6. The second-order valence-corrected chi connectivity index (χ2v) is 4.51. The van der Waals surface area contributed by atoms with E-state index in [2.05, 4.69) is 14.5 Å². The highest BCUT2D eigenvalue weighted by Crippen LogP contribution is 2.14. The third kappa shape index (κ3) is 8.15. The van der Waals surface area contributed by atoms with Crippen LogP contribution < -0.4 is 17.2 Å². The summed E-state index contributed by atoms with van der Waals surface area (Å²) in [6, 6.07) is 7.27. The summed E-state index contributed by atoms with van der Waals surface area (Å²) in [6.45, 7) is 0. The fraction of sp³-hybridized carbons (Fsp3) is 0.357. The maximum atomic E-state index is 11.4. The zero-order chi connectivity index (χ0) is 16.5. The number of hydrogen-bond donors (Lipinski definition) is 3. The number of nitrogens with two attached hydrogens (primary N) is 3. The maximum absolute atomic E-state index is 11.4. The van der Waals surface area contributed by atoms with Gasteiger partial charge in [-0.05, 0) is 30.5 Å². The number of nitrogens with zero attached hydrogens (tertiary/aromatic N) is 1. The zero-order valence-corrected chi connectivity index (χ0v) is 13.5. The van der Waals surface area contributed by atoms with Crippen LogP contribution in [0.3, 0.4) is 0 Å². The lowest BCUT2D eigenvalue weighted by molar-refractivity contribution is -0.166. The fourth-order valence-electron chi connectivity index (χ4n) is 1.64. The summed E-state index contributed by atoms with van der Waals surface area (Å²) in [5.74, 6) is -1.53. The van der Waals surface area contributed by atoms with Crippen molar-refractivity contribution in [2.45, 2.75) is 25.5 Å². The summed E-state index contributed by atoms with van der Waals surface area (Å²) in [5.41, 5.74) is 17.5. The number of methoxy groups -OCH3 is 1. The van der Waals surface area contributed by atoms with E-state index in [1.165, 1.54) is 7.11 Å². The van der Waals surface area contributed by atoms with Gasteiger partial charge in [0.1, 0.15) is 0 Å². The lowest BCUT2D eigenvalue weighted by atomic mass is 10.1. The predicted octanol–water partition coefficient (Wildman–Crippen LogP) is 0.337. The van der Waals surface area contributed by atoms with Crippen LogP contribution in [0.4, 0.5) is 5.69 Å². The Hall–Kier alpha value is -2.16. The first-order valence-electron chi connectivity index (χ1n) is 6.64. The highest BCUT2D eigenvalue weighted by Gasteiger charge is 2.17. The summed E-state index contributed by atoms with van der Waals surface area (Å²) >= 11 is 0. The maximum Gasteiger partial charge on any atom is 0.357 e. The van der Waals surface area contributed by atoms with Crippen LogP contribution in [0.1, 0.15) is 18.4 Å². The minimum Gasteiger partial charge on any atom is -0.390 e. The molecule has 1 rings (SSSR count). The van der Waals surface area contributed by atoms with Gasteiger partial charge in [0.2, 0.25) is 6.23 Å². The Balaban J connectivity index is 0.00000484. The first-order chi connectivity index (χ1) is 10.4. The molecule has 0 aromatic heterocycles. The summed E-state index contributed by atoms with van der Waals surface area (Å²) in [5, 5.41) is 0. The van der Waals surface area contributed by atoms with Gasteiger partial charge in [0.15, 0.2) is 5.96 Å². The van der Waals surface area contributed by atoms with E-state index >= 15 is 0 Å². The molecule has 0 saturated carbocycles. The Morgan fingerprint density at radius 1 is 1.22 bits per heavy atom. The van der Waals surface area contributed by atoms with Gasteiger partial charge in [-0.1, -0.05) is 12.1 Å². The van der Waals surface area contributed by atoms with Crippen molar-refractivity contribution in [3.63, 3.8) is 0 Å². The second kappa shape index (κ2) is 10.5. The number of guanidine groups is 1. The molecule has 0 radical (unpaired) electrons. The van der Waals surface area contributed by atoms with Gasteiger partial charge in [0.05, 0.1) is 5.69 Å². The van der Waals surface area contributed by atoms with E-state index in [-0.39, 0.29) is 24.8 Å². The normalized spacial score (nSPS) is 11.0. The quantitative estimate of drug-likeness (QED) is 0.213. The van der Waals surface area contributed by atoms with Crippen LogP contribution in [-0.4, -0.2) is 31.2 Å². The zero-order valence-electron chi connectivity index (χ0n) is 12.7. The fourth-order valence-corrected chi connectivity index (χ4v) is 1.64. The molecule has 1 atom stereocenters. The first-order valence-corrected chi connectivity index (χ1v) is 6.64. The Morgan fingerprint density at radius 3 is 2.35 bits per heavy atom. The molecule has 0 spiro atoms. The average Bonchev–Trinajstić information content (AvgIpc) is 2.47. The van der Waals surface area contributed by atoms with Gasteiger partial charge in [-0.3, -0.25) is 10.5 Å². The van der Waals surface area contributed by atoms with Crippen molar-refractivity contribution in [2.24, 2.45) is 22.2 Å². The molecule has 1 aromatic rings. The van der Waals surface area contributed by atoms with Gasteiger partial charge in [-0.15, -0.1) is 12.4 Å². The van der Waals surface area contributed by atoms with E-state index < -0.39 is 18.2 Å². The first kappa shape index (κ1) is 20.8. The van der Waals surface area contributed by atoms with Crippen LogP contribution in [0.5, 0.6) is 0 Å². The average molecular weight is 345 g/mol. The van der Waals surface area contributed by atoms with Crippen molar-refractivity contribution in [3.8, 4) is 0 Å². The molecule has 1 aromatic carbocycles.